The third-order valence-corrected chi connectivity index (χ3v) is 6.25. The molecular weight excluding hydrogens is 468 g/mol. The Morgan fingerprint density at radius 1 is 1.17 bits per heavy atom. The molecule has 2 N–H and O–H groups in total. The van der Waals surface area contributed by atoms with Crippen LogP contribution in [0.2, 0.25) is 0 Å². The number of ketones is 1. The van der Waals surface area contributed by atoms with Crippen LogP contribution in [0.1, 0.15) is 49.2 Å². The predicted molar refractivity (Wildman–Crippen MR) is 131 cm³/mol. The number of carbonyl (C=O) groups is 2. The summed E-state index contributed by atoms with van der Waals surface area (Å²) in [4.78, 5) is 25.8. The van der Waals surface area contributed by atoms with Crippen LogP contribution in [-0.2, 0) is 17.9 Å². The molecule has 0 spiro atoms. The van der Waals surface area contributed by atoms with E-state index in [1.807, 2.05) is 22.7 Å². The Labute approximate surface area is 207 Å². The van der Waals surface area contributed by atoms with E-state index >= 15 is 0 Å². The second-order valence-corrected chi connectivity index (χ2v) is 8.87. The first-order chi connectivity index (χ1) is 17.3. The molecule has 36 heavy (non-hydrogen) atoms. The number of aromatic nitrogens is 4. The third kappa shape index (κ3) is 6.02. The Morgan fingerprint density at radius 2 is 1.94 bits per heavy atom. The van der Waals surface area contributed by atoms with Gasteiger partial charge in [-0.2, -0.15) is 5.10 Å². The topological polar surface area (TPSA) is 105 Å². The quantitative estimate of drug-likeness (QED) is 0.428. The lowest BCUT2D eigenvalue weighted by Crippen LogP contribution is -2.38. The molecule has 1 aromatic carbocycles. The fourth-order valence-corrected chi connectivity index (χ4v) is 4.25. The monoisotopic (exact) mass is 497 g/mol. The lowest BCUT2D eigenvalue weighted by atomic mass is 9.96. The molecule has 1 saturated heterocycles. The molecule has 3 heterocycles. The highest BCUT2D eigenvalue weighted by atomic mass is 19.2. The number of anilines is 3. The predicted octanol–water partition coefficient (Wildman–Crippen LogP) is 4.16. The zero-order valence-electron chi connectivity index (χ0n) is 20.3. The summed E-state index contributed by atoms with van der Waals surface area (Å²) in [5.74, 6) is -1.18. The van der Waals surface area contributed by atoms with Gasteiger partial charge in [0.15, 0.2) is 28.9 Å². The minimum atomic E-state index is -0.940. The smallest absolute Gasteiger partial charge is 0.222 e. The summed E-state index contributed by atoms with van der Waals surface area (Å²) in [7, 11) is 0. The number of Topliss-reactive ketones (excluding diaryl/α,β-unsaturated/α-hetero) is 1. The molecule has 1 aliphatic heterocycles. The number of hydrogen-bond donors (Lipinski definition) is 2. The molecule has 2 aromatic heterocycles. The molecule has 0 radical (unpaired) electrons. The van der Waals surface area contributed by atoms with Crippen molar-refractivity contribution in [2.24, 2.45) is 5.92 Å². The summed E-state index contributed by atoms with van der Waals surface area (Å²) >= 11 is 0. The van der Waals surface area contributed by atoms with E-state index in [4.69, 9.17) is 0 Å². The van der Waals surface area contributed by atoms with Crippen molar-refractivity contribution in [2.75, 3.05) is 23.7 Å². The van der Waals surface area contributed by atoms with E-state index in [1.54, 1.807) is 12.3 Å². The normalized spacial score (nSPS) is 14.1. The number of hydrogen-bond acceptors (Lipinski definition) is 7. The Balaban J connectivity index is 1.40. The number of rotatable bonds is 9. The van der Waals surface area contributed by atoms with E-state index in [-0.39, 0.29) is 29.5 Å². The largest absolute Gasteiger partial charge is 0.379 e. The molecule has 4 rings (SSSR count). The van der Waals surface area contributed by atoms with Crippen LogP contribution in [0.3, 0.4) is 0 Å². The van der Waals surface area contributed by atoms with Crippen LogP contribution in [0.4, 0.5) is 26.0 Å². The van der Waals surface area contributed by atoms with Crippen LogP contribution < -0.4 is 10.6 Å². The summed E-state index contributed by atoms with van der Waals surface area (Å²) in [5.41, 5.74) is 1.27. The number of piperidine rings is 1. The number of nitrogens with one attached hydrogen (secondary N) is 2. The molecule has 0 aliphatic carbocycles. The van der Waals surface area contributed by atoms with Crippen LogP contribution in [0, 0.1) is 17.6 Å². The molecule has 1 aliphatic rings. The number of amides is 1. The molecule has 1 fully saturated rings. The third-order valence-electron chi connectivity index (χ3n) is 6.25. The van der Waals surface area contributed by atoms with Gasteiger partial charge in [-0.3, -0.25) is 14.3 Å². The summed E-state index contributed by atoms with van der Waals surface area (Å²) in [6, 6.07) is 5.53. The first-order valence-electron chi connectivity index (χ1n) is 12.0. The fourth-order valence-electron chi connectivity index (χ4n) is 4.25. The van der Waals surface area contributed by atoms with Crippen LogP contribution in [-0.4, -0.2) is 49.7 Å². The maximum Gasteiger partial charge on any atom is 0.222 e. The van der Waals surface area contributed by atoms with Crippen LogP contribution in [0.5, 0.6) is 0 Å². The van der Waals surface area contributed by atoms with E-state index in [9.17, 15) is 18.4 Å². The highest BCUT2D eigenvalue weighted by molar-refractivity contribution is 5.97. The van der Waals surface area contributed by atoms with Gasteiger partial charge in [0.2, 0.25) is 5.91 Å². The fraction of sp³-hybridized carbons (Fsp3) is 0.400. The van der Waals surface area contributed by atoms with Gasteiger partial charge in [0.25, 0.3) is 0 Å². The van der Waals surface area contributed by atoms with E-state index in [1.165, 1.54) is 19.1 Å². The minimum absolute atomic E-state index is 0.0321. The standard InChI is InChI=1S/C25H29F2N7O2/c1-3-23(36)33-9-7-17(8-10-33)14-34-15-19(13-29-34)30-22-11-21(25(16(2)35)32-31-22)28-12-18-5-4-6-20(26)24(18)27/h4-6,11,13,15,17H,3,7-10,12,14H2,1-2H3,(H2,28,30,31). The van der Waals surface area contributed by atoms with Gasteiger partial charge < -0.3 is 15.5 Å². The average molecular weight is 498 g/mol. The molecule has 190 valence electrons. The second kappa shape index (κ2) is 11.2. The van der Waals surface area contributed by atoms with Crippen molar-refractivity contribution in [1.82, 2.24) is 24.9 Å². The zero-order valence-corrected chi connectivity index (χ0v) is 20.3. The van der Waals surface area contributed by atoms with Gasteiger partial charge in [0.1, 0.15) is 0 Å². The van der Waals surface area contributed by atoms with E-state index in [0.717, 1.165) is 38.5 Å². The average Bonchev–Trinajstić information content (AvgIpc) is 3.31. The number of nitrogens with zero attached hydrogens (tertiary/aromatic N) is 5. The van der Waals surface area contributed by atoms with Gasteiger partial charge in [-0.05, 0) is 24.8 Å². The van der Waals surface area contributed by atoms with E-state index in [0.29, 0.717) is 29.5 Å². The molecule has 0 bridgehead atoms. The van der Waals surface area contributed by atoms with Crippen molar-refractivity contribution in [1.29, 1.82) is 0 Å². The van der Waals surface area contributed by atoms with Crippen LogP contribution >= 0.6 is 0 Å². The number of carbonyl (C=O) groups excluding carboxylic acids is 2. The molecule has 9 nitrogen and oxygen atoms in total. The number of benzene rings is 1. The Kier molecular flexibility index (Phi) is 7.87. The summed E-state index contributed by atoms with van der Waals surface area (Å²) in [5, 5.41) is 18.6. The van der Waals surface area contributed by atoms with Gasteiger partial charge in [-0.25, -0.2) is 8.78 Å². The first-order valence-corrected chi connectivity index (χ1v) is 12.0. The maximum atomic E-state index is 14.0. The van der Waals surface area contributed by atoms with Crippen LogP contribution in [0.25, 0.3) is 0 Å². The van der Waals surface area contributed by atoms with Gasteiger partial charge >= 0.3 is 0 Å². The lowest BCUT2D eigenvalue weighted by molar-refractivity contribution is -0.132. The SMILES string of the molecule is CCC(=O)N1CCC(Cn2cc(Nc3cc(NCc4cccc(F)c4F)c(C(C)=O)nn3)cn2)CC1. The van der Waals surface area contributed by atoms with Gasteiger partial charge in [0.05, 0.1) is 17.6 Å². The molecule has 0 saturated carbocycles. The van der Waals surface area contributed by atoms with Crippen molar-refractivity contribution < 1.29 is 18.4 Å². The van der Waals surface area contributed by atoms with Gasteiger partial charge in [0, 0.05) is 57.4 Å². The Morgan fingerprint density at radius 3 is 2.67 bits per heavy atom. The number of halogens is 2. The van der Waals surface area contributed by atoms with Crippen molar-refractivity contribution in [2.45, 2.75) is 46.2 Å². The molecule has 0 atom stereocenters. The molecule has 1 amide bonds. The highest BCUT2D eigenvalue weighted by Gasteiger charge is 2.22. The van der Waals surface area contributed by atoms with E-state index in [2.05, 4.69) is 25.9 Å². The van der Waals surface area contributed by atoms with Crippen molar-refractivity contribution >= 4 is 28.9 Å². The molecular formula is C25H29F2N7O2. The van der Waals surface area contributed by atoms with Gasteiger partial charge in [-0.1, -0.05) is 19.1 Å². The molecule has 11 heteroatoms. The van der Waals surface area contributed by atoms with Crippen molar-refractivity contribution in [3.8, 4) is 0 Å². The Bertz CT molecular complexity index is 1240. The van der Waals surface area contributed by atoms with Crippen molar-refractivity contribution in [3.05, 3.63) is 59.6 Å². The van der Waals surface area contributed by atoms with E-state index < -0.39 is 11.6 Å². The molecule has 3 aromatic rings. The summed E-state index contributed by atoms with van der Waals surface area (Å²) in [6.45, 7) is 5.51. The zero-order chi connectivity index (χ0) is 25.7. The molecule has 0 unspecified atom stereocenters. The lowest BCUT2D eigenvalue weighted by Gasteiger charge is -2.31. The van der Waals surface area contributed by atoms with Crippen LogP contribution in [0.15, 0.2) is 36.7 Å². The van der Waals surface area contributed by atoms with Crippen molar-refractivity contribution in [3.63, 3.8) is 0 Å². The summed E-state index contributed by atoms with van der Waals surface area (Å²) < 4.78 is 29.4. The highest BCUT2D eigenvalue weighted by Crippen LogP contribution is 2.23. The number of likely N-dealkylation sites (tertiary alicyclic amines) is 1. The summed E-state index contributed by atoms with van der Waals surface area (Å²) in [6.07, 6.45) is 5.94. The minimum Gasteiger partial charge on any atom is -0.379 e. The maximum absolute atomic E-state index is 14.0. The van der Waals surface area contributed by atoms with Gasteiger partial charge in [-0.15, -0.1) is 10.2 Å². The first kappa shape index (κ1) is 25.2. The second-order valence-electron chi connectivity index (χ2n) is 8.87. The Hall–Kier alpha value is -3.89.